The van der Waals surface area contributed by atoms with Crippen LogP contribution in [0, 0.1) is 6.92 Å². The van der Waals surface area contributed by atoms with Gasteiger partial charge in [0.15, 0.2) is 14.6 Å². The molecule has 1 aromatic heterocycles. The highest BCUT2D eigenvalue weighted by Gasteiger charge is 2.15. The lowest BCUT2D eigenvalue weighted by Gasteiger charge is -2.04. The number of nitrogens with zero attached hydrogens (tertiary/aromatic N) is 2. The van der Waals surface area contributed by atoms with Gasteiger partial charge in [-0.3, -0.25) is 9.59 Å². The van der Waals surface area contributed by atoms with Crippen LogP contribution in [-0.2, 0) is 25.9 Å². The molecule has 0 N–H and O–H groups in total. The SMILES string of the molecule is COC(=O)Cn1c(=NC(=O)c2cccc(C)c2)sc2cc(S(C)(=O)=O)ccc21. The number of ether oxygens (including phenoxy) is 1. The van der Waals surface area contributed by atoms with Gasteiger partial charge in [0.1, 0.15) is 6.54 Å². The standard InChI is InChI=1S/C19H18N2O5S2/c1-12-5-4-6-13(9-12)18(23)20-19-21(11-17(22)26-2)15-8-7-14(28(3,24)25)10-16(15)27-19/h4-10H,11H2,1-3H3. The van der Waals surface area contributed by atoms with Crippen LogP contribution < -0.4 is 4.80 Å². The fraction of sp³-hybridized carbons (Fsp3) is 0.211. The number of aryl methyl sites for hydroxylation is 1. The van der Waals surface area contributed by atoms with Gasteiger partial charge >= 0.3 is 5.97 Å². The summed E-state index contributed by atoms with van der Waals surface area (Å²) >= 11 is 1.14. The van der Waals surface area contributed by atoms with Gasteiger partial charge in [-0.2, -0.15) is 4.99 Å². The summed E-state index contributed by atoms with van der Waals surface area (Å²) in [6.45, 7) is 1.73. The third-order valence-electron chi connectivity index (χ3n) is 4.06. The van der Waals surface area contributed by atoms with Crippen molar-refractivity contribution < 1.29 is 22.7 Å². The summed E-state index contributed by atoms with van der Waals surface area (Å²) in [5.74, 6) is -0.950. The van der Waals surface area contributed by atoms with Crippen LogP contribution in [0.15, 0.2) is 52.4 Å². The summed E-state index contributed by atoms with van der Waals surface area (Å²) in [7, 11) is -2.12. The molecule has 146 valence electrons. The minimum absolute atomic E-state index is 0.144. The molecule has 0 saturated carbocycles. The van der Waals surface area contributed by atoms with E-state index in [1.54, 1.807) is 28.8 Å². The molecule has 0 bridgehead atoms. The Morgan fingerprint density at radius 3 is 2.57 bits per heavy atom. The van der Waals surface area contributed by atoms with Gasteiger partial charge < -0.3 is 9.30 Å². The summed E-state index contributed by atoms with van der Waals surface area (Å²) in [6.07, 6.45) is 1.12. The van der Waals surface area contributed by atoms with Crippen LogP contribution in [0.25, 0.3) is 10.2 Å². The maximum atomic E-state index is 12.6. The van der Waals surface area contributed by atoms with Crippen LogP contribution in [0.3, 0.4) is 0 Å². The van der Waals surface area contributed by atoms with Gasteiger partial charge in [0.2, 0.25) is 0 Å². The molecule has 0 aliphatic rings. The largest absolute Gasteiger partial charge is 0.468 e. The van der Waals surface area contributed by atoms with E-state index in [4.69, 9.17) is 4.74 Å². The maximum absolute atomic E-state index is 12.6. The molecule has 0 atom stereocenters. The molecule has 0 saturated heterocycles. The third kappa shape index (κ3) is 4.20. The van der Waals surface area contributed by atoms with Crippen molar-refractivity contribution >= 4 is 43.3 Å². The van der Waals surface area contributed by atoms with Crippen molar-refractivity contribution in [2.45, 2.75) is 18.4 Å². The fourth-order valence-corrected chi connectivity index (χ4v) is 4.43. The number of methoxy groups -OCH3 is 1. The van der Waals surface area contributed by atoms with Gasteiger partial charge in [0.25, 0.3) is 5.91 Å². The molecule has 7 nitrogen and oxygen atoms in total. The summed E-state index contributed by atoms with van der Waals surface area (Å²) in [6, 6.07) is 11.6. The first-order chi connectivity index (χ1) is 13.2. The van der Waals surface area contributed by atoms with Crippen molar-refractivity contribution in [1.29, 1.82) is 0 Å². The number of rotatable bonds is 4. The molecule has 3 rings (SSSR count). The molecule has 0 radical (unpaired) electrons. The van der Waals surface area contributed by atoms with Gasteiger partial charge in [-0.05, 0) is 37.3 Å². The molecule has 2 aromatic carbocycles. The Balaban J connectivity index is 2.20. The molecular formula is C19H18N2O5S2. The zero-order chi connectivity index (χ0) is 20.5. The lowest BCUT2D eigenvalue weighted by molar-refractivity contribution is -0.141. The maximum Gasteiger partial charge on any atom is 0.325 e. The molecule has 3 aromatic rings. The van der Waals surface area contributed by atoms with Crippen LogP contribution >= 0.6 is 11.3 Å². The fourth-order valence-electron chi connectivity index (χ4n) is 2.65. The van der Waals surface area contributed by atoms with Crippen LogP contribution in [0.4, 0.5) is 0 Å². The van der Waals surface area contributed by atoms with E-state index in [1.807, 2.05) is 13.0 Å². The van der Waals surface area contributed by atoms with E-state index in [0.29, 0.717) is 15.8 Å². The molecule has 0 spiro atoms. The zero-order valence-corrected chi connectivity index (χ0v) is 17.1. The van der Waals surface area contributed by atoms with E-state index >= 15 is 0 Å². The zero-order valence-electron chi connectivity index (χ0n) is 15.5. The number of amides is 1. The second kappa shape index (κ2) is 7.69. The van der Waals surface area contributed by atoms with Gasteiger partial charge in [-0.1, -0.05) is 29.0 Å². The summed E-state index contributed by atoms with van der Waals surface area (Å²) in [4.78, 5) is 29.0. The Labute approximate surface area is 165 Å². The lowest BCUT2D eigenvalue weighted by atomic mass is 10.1. The van der Waals surface area contributed by atoms with E-state index in [-0.39, 0.29) is 16.2 Å². The number of esters is 1. The molecule has 0 aliphatic carbocycles. The third-order valence-corrected chi connectivity index (χ3v) is 6.21. The van der Waals surface area contributed by atoms with Crippen LogP contribution in [0.2, 0.25) is 0 Å². The predicted molar refractivity (Wildman–Crippen MR) is 106 cm³/mol. The molecule has 1 heterocycles. The predicted octanol–water partition coefficient (Wildman–Crippen LogP) is 2.33. The van der Waals surface area contributed by atoms with Gasteiger partial charge in [-0.15, -0.1) is 0 Å². The van der Waals surface area contributed by atoms with E-state index in [0.717, 1.165) is 23.2 Å². The Kier molecular flexibility index (Phi) is 5.48. The number of fused-ring (bicyclic) bond motifs is 1. The highest BCUT2D eigenvalue weighted by Crippen LogP contribution is 2.22. The number of hydrogen-bond donors (Lipinski definition) is 0. The van der Waals surface area contributed by atoms with Crippen molar-refractivity contribution in [1.82, 2.24) is 4.57 Å². The molecule has 0 aliphatic heterocycles. The molecule has 0 fully saturated rings. The van der Waals surface area contributed by atoms with E-state index in [2.05, 4.69) is 4.99 Å². The Hall–Kier alpha value is -2.78. The second-order valence-electron chi connectivity index (χ2n) is 6.24. The van der Waals surface area contributed by atoms with Crippen molar-refractivity contribution in [2.75, 3.05) is 13.4 Å². The van der Waals surface area contributed by atoms with E-state index in [1.165, 1.54) is 19.2 Å². The normalized spacial score (nSPS) is 12.3. The van der Waals surface area contributed by atoms with Crippen LogP contribution in [0.1, 0.15) is 15.9 Å². The summed E-state index contributed by atoms with van der Waals surface area (Å²) < 4.78 is 30.5. The van der Waals surface area contributed by atoms with Crippen molar-refractivity contribution in [2.24, 2.45) is 4.99 Å². The van der Waals surface area contributed by atoms with Gasteiger partial charge in [-0.25, -0.2) is 8.42 Å². The van der Waals surface area contributed by atoms with Gasteiger partial charge in [0, 0.05) is 11.8 Å². The molecule has 9 heteroatoms. The number of hydrogen-bond acceptors (Lipinski definition) is 6. The number of carbonyl (C=O) groups is 2. The highest BCUT2D eigenvalue weighted by atomic mass is 32.2. The summed E-state index contributed by atoms with van der Waals surface area (Å²) in [5.41, 5.74) is 1.95. The topological polar surface area (TPSA) is 94.8 Å². The smallest absolute Gasteiger partial charge is 0.325 e. The Morgan fingerprint density at radius 1 is 1.18 bits per heavy atom. The van der Waals surface area contributed by atoms with Crippen molar-refractivity contribution in [3.63, 3.8) is 0 Å². The number of sulfone groups is 1. The number of carbonyl (C=O) groups excluding carboxylic acids is 2. The lowest BCUT2D eigenvalue weighted by Crippen LogP contribution is -2.22. The number of aromatic nitrogens is 1. The first kappa shape index (κ1) is 20.0. The Morgan fingerprint density at radius 2 is 1.93 bits per heavy atom. The average molecular weight is 418 g/mol. The van der Waals surface area contributed by atoms with Crippen molar-refractivity contribution in [3.8, 4) is 0 Å². The molecule has 1 amide bonds. The number of thiazole rings is 1. The quantitative estimate of drug-likeness (QED) is 0.606. The highest BCUT2D eigenvalue weighted by molar-refractivity contribution is 7.90. The molecule has 0 unspecified atom stereocenters. The average Bonchev–Trinajstić information content (AvgIpc) is 2.97. The Bertz CT molecular complexity index is 1250. The van der Waals surface area contributed by atoms with E-state index in [9.17, 15) is 18.0 Å². The molecular weight excluding hydrogens is 400 g/mol. The van der Waals surface area contributed by atoms with E-state index < -0.39 is 21.7 Å². The van der Waals surface area contributed by atoms with Gasteiger partial charge in [0.05, 0.1) is 22.2 Å². The van der Waals surface area contributed by atoms with Crippen LogP contribution in [-0.4, -0.2) is 38.2 Å². The minimum Gasteiger partial charge on any atom is -0.468 e. The monoisotopic (exact) mass is 418 g/mol. The summed E-state index contributed by atoms with van der Waals surface area (Å²) in [5, 5.41) is 0. The number of benzene rings is 2. The van der Waals surface area contributed by atoms with Crippen LogP contribution in [0.5, 0.6) is 0 Å². The first-order valence-corrected chi connectivity index (χ1v) is 11.0. The van der Waals surface area contributed by atoms with Crippen molar-refractivity contribution in [3.05, 3.63) is 58.4 Å². The first-order valence-electron chi connectivity index (χ1n) is 8.25. The minimum atomic E-state index is -3.39. The molecule has 28 heavy (non-hydrogen) atoms. The second-order valence-corrected chi connectivity index (χ2v) is 9.26.